The van der Waals surface area contributed by atoms with Crippen LogP contribution in [0.5, 0.6) is 0 Å². The quantitative estimate of drug-likeness (QED) is 0.626. The molecule has 0 heterocycles. The minimum Gasteiger partial charge on any atom is -0.0883 e. The van der Waals surface area contributed by atoms with Crippen molar-refractivity contribution in [3.63, 3.8) is 0 Å². The first-order valence-electron chi connectivity index (χ1n) is 7.03. The summed E-state index contributed by atoms with van der Waals surface area (Å²) < 4.78 is 0. The summed E-state index contributed by atoms with van der Waals surface area (Å²) in [7, 11) is 0. The first-order valence-corrected chi connectivity index (χ1v) is 7.03. The van der Waals surface area contributed by atoms with Gasteiger partial charge in [0, 0.05) is 0 Å². The summed E-state index contributed by atoms with van der Waals surface area (Å²) in [6, 6.07) is 11.7. The van der Waals surface area contributed by atoms with Gasteiger partial charge in [-0.1, -0.05) is 49.8 Å². The SMILES string of the molecule is CCC/C=C/[C@H]1CC[C@H](c2cc[c]cc2)CC1. The molecule has 0 aromatic heterocycles. The van der Waals surface area contributed by atoms with Crippen LogP contribution in [-0.4, -0.2) is 0 Å². The van der Waals surface area contributed by atoms with Crippen molar-refractivity contribution in [3.05, 3.63) is 48.0 Å². The van der Waals surface area contributed by atoms with E-state index in [1.807, 2.05) is 12.1 Å². The molecule has 0 aliphatic heterocycles. The number of hydrogen-bond donors (Lipinski definition) is 0. The highest BCUT2D eigenvalue weighted by atomic mass is 14.2. The summed E-state index contributed by atoms with van der Waals surface area (Å²) in [5.74, 6) is 1.63. The highest BCUT2D eigenvalue weighted by Crippen LogP contribution is 2.36. The molecule has 17 heavy (non-hydrogen) atoms. The molecule has 1 aromatic carbocycles. The number of rotatable bonds is 4. The van der Waals surface area contributed by atoms with Gasteiger partial charge in [0.1, 0.15) is 0 Å². The Morgan fingerprint density at radius 2 is 1.88 bits per heavy atom. The molecule has 0 atom stereocenters. The molecule has 0 spiro atoms. The lowest BCUT2D eigenvalue weighted by Crippen LogP contribution is -2.11. The molecule has 0 heteroatoms. The van der Waals surface area contributed by atoms with Gasteiger partial charge in [-0.2, -0.15) is 0 Å². The third-order valence-corrected chi connectivity index (χ3v) is 3.85. The third-order valence-electron chi connectivity index (χ3n) is 3.85. The van der Waals surface area contributed by atoms with Crippen molar-refractivity contribution in [1.82, 2.24) is 0 Å². The van der Waals surface area contributed by atoms with Crippen LogP contribution in [0.25, 0.3) is 0 Å². The fraction of sp³-hybridized carbons (Fsp3) is 0.529. The summed E-state index contributed by atoms with van der Waals surface area (Å²) >= 11 is 0. The molecule has 0 nitrogen and oxygen atoms in total. The Labute approximate surface area is 106 Å². The largest absolute Gasteiger partial charge is 0.0883 e. The average molecular weight is 227 g/mol. The van der Waals surface area contributed by atoms with Gasteiger partial charge in [0.25, 0.3) is 0 Å². The maximum atomic E-state index is 3.10. The summed E-state index contributed by atoms with van der Waals surface area (Å²) in [4.78, 5) is 0. The van der Waals surface area contributed by atoms with Crippen molar-refractivity contribution in [1.29, 1.82) is 0 Å². The smallest absolute Gasteiger partial charge is 0.0162 e. The molecule has 1 radical (unpaired) electrons. The predicted molar refractivity (Wildman–Crippen MR) is 74.0 cm³/mol. The Morgan fingerprint density at radius 3 is 2.53 bits per heavy atom. The van der Waals surface area contributed by atoms with E-state index in [0.717, 1.165) is 11.8 Å². The Hall–Kier alpha value is -1.04. The second-order valence-electron chi connectivity index (χ2n) is 5.16. The highest BCUT2D eigenvalue weighted by Gasteiger charge is 2.20. The minimum atomic E-state index is 0.792. The Bertz CT molecular complexity index is 328. The Balaban J connectivity index is 1.82. The summed E-state index contributed by atoms with van der Waals surface area (Å²) in [5.41, 5.74) is 1.51. The highest BCUT2D eigenvalue weighted by molar-refractivity contribution is 5.19. The van der Waals surface area contributed by atoms with Gasteiger partial charge in [-0.3, -0.25) is 0 Å². The zero-order chi connectivity index (χ0) is 11.9. The monoisotopic (exact) mass is 227 g/mol. The van der Waals surface area contributed by atoms with E-state index in [-0.39, 0.29) is 0 Å². The van der Waals surface area contributed by atoms with E-state index in [9.17, 15) is 0 Å². The molecule has 1 aromatic rings. The normalized spacial score (nSPS) is 25.2. The Morgan fingerprint density at radius 1 is 1.18 bits per heavy atom. The van der Waals surface area contributed by atoms with Crippen molar-refractivity contribution in [3.8, 4) is 0 Å². The van der Waals surface area contributed by atoms with Crippen molar-refractivity contribution in [2.75, 3.05) is 0 Å². The van der Waals surface area contributed by atoms with Gasteiger partial charge in [0.05, 0.1) is 0 Å². The summed E-state index contributed by atoms with van der Waals surface area (Å²) in [5, 5.41) is 0. The first kappa shape index (κ1) is 12.4. The predicted octanol–water partition coefficient (Wildman–Crippen LogP) is 5.12. The maximum Gasteiger partial charge on any atom is -0.0162 e. The van der Waals surface area contributed by atoms with Crippen LogP contribution in [0.4, 0.5) is 0 Å². The molecular weight excluding hydrogens is 204 g/mol. The molecule has 0 unspecified atom stereocenters. The van der Waals surface area contributed by atoms with E-state index in [2.05, 4.69) is 37.3 Å². The van der Waals surface area contributed by atoms with E-state index >= 15 is 0 Å². The number of hydrogen-bond acceptors (Lipinski definition) is 0. The third kappa shape index (κ3) is 3.73. The molecule has 0 amide bonds. The number of unbranched alkanes of at least 4 members (excludes halogenated alkanes) is 1. The molecule has 1 aliphatic rings. The molecule has 2 rings (SSSR count). The van der Waals surface area contributed by atoms with Crippen LogP contribution in [0.2, 0.25) is 0 Å². The van der Waals surface area contributed by atoms with Gasteiger partial charge < -0.3 is 0 Å². The maximum absolute atomic E-state index is 3.10. The zero-order valence-corrected chi connectivity index (χ0v) is 10.9. The zero-order valence-electron chi connectivity index (χ0n) is 10.9. The fourth-order valence-electron chi connectivity index (χ4n) is 2.77. The lowest BCUT2D eigenvalue weighted by Gasteiger charge is -2.27. The van der Waals surface area contributed by atoms with Crippen LogP contribution in [0.1, 0.15) is 56.9 Å². The van der Waals surface area contributed by atoms with E-state index < -0.39 is 0 Å². The molecule has 1 fully saturated rings. The summed E-state index contributed by atoms with van der Waals surface area (Å²) in [6.45, 7) is 2.24. The van der Waals surface area contributed by atoms with Crippen LogP contribution >= 0.6 is 0 Å². The lowest BCUT2D eigenvalue weighted by molar-refractivity contribution is 0.375. The first-order chi connectivity index (χ1) is 8.40. The average Bonchev–Trinajstić information content (AvgIpc) is 2.41. The topological polar surface area (TPSA) is 0 Å². The molecule has 0 bridgehead atoms. The van der Waals surface area contributed by atoms with Crippen molar-refractivity contribution >= 4 is 0 Å². The van der Waals surface area contributed by atoms with Crippen molar-refractivity contribution in [2.45, 2.75) is 51.4 Å². The van der Waals surface area contributed by atoms with Gasteiger partial charge in [-0.05, 0) is 55.6 Å². The molecule has 0 saturated heterocycles. The van der Waals surface area contributed by atoms with Gasteiger partial charge in [-0.25, -0.2) is 0 Å². The van der Waals surface area contributed by atoms with Crippen LogP contribution in [0.15, 0.2) is 36.4 Å². The second kappa shape index (κ2) is 6.64. The second-order valence-corrected chi connectivity index (χ2v) is 5.16. The molecular formula is C17H23. The van der Waals surface area contributed by atoms with E-state index in [4.69, 9.17) is 0 Å². The van der Waals surface area contributed by atoms with E-state index in [0.29, 0.717) is 0 Å². The van der Waals surface area contributed by atoms with Crippen molar-refractivity contribution < 1.29 is 0 Å². The minimum absolute atomic E-state index is 0.792. The van der Waals surface area contributed by atoms with E-state index in [1.54, 1.807) is 0 Å². The molecule has 91 valence electrons. The van der Waals surface area contributed by atoms with Gasteiger partial charge in [0.15, 0.2) is 0 Å². The standard InChI is InChI=1S/C17H23/c1-2-3-5-8-15-11-13-17(14-12-15)16-9-6-4-7-10-16/h5-10,15,17H,2-3,11-14H2,1H3/b8-5+/t15-,17-. The van der Waals surface area contributed by atoms with Gasteiger partial charge in [0.2, 0.25) is 0 Å². The molecule has 1 saturated carbocycles. The van der Waals surface area contributed by atoms with Crippen LogP contribution in [0, 0.1) is 12.0 Å². The Kier molecular flexibility index (Phi) is 4.85. The van der Waals surface area contributed by atoms with Gasteiger partial charge >= 0.3 is 0 Å². The van der Waals surface area contributed by atoms with E-state index in [1.165, 1.54) is 44.1 Å². The number of benzene rings is 1. The number of allylic oxidation sites excluding steroid dienone is 2. The molecule has 0 N–H and O–H groups in total. The van der Waals surface area contributed by atoms with Crippen LogP contribution < -0.4 is 0 Å². The van der Waals surface area contributed by atoms with Gasteiger partial charge in [-0.15, -0.1) is 0 Å². The lowest BCUT2D eigenvalue weighted by atomic mass is 9.78. The van der Waals surface area contributed by atoms with Crippen molar-refractivity contribution in [2.24, 2.45) is 5.92 Å². The molecule has 1 aliphatic carbocycles. The van der Waals surface area contributed by atoms with Crippen LogP contribution in [0.3, 0.4) is 0 Å². The summed E-state index contributed by atoms with van der Waals surface area (Å²) in [6.07, 6.45) is 12.8. The fourth-order valence-corrected chi connectivity index (χ4v) is 2.77. The van der Waals surface area contributed by atoms with Crippen LogP contribution in [-0.2, 0) is 0 Å².